The van der Waals surface area contributed by atoms with Gasteiger partial charge in [0.05, 0.1) is 44.3 Å². The summed E-state index contributed by atoms with van der Waals surface area (Å²) in [5.41, 5.74) is 5.21. The molecule has 0 aliphatic carbocycles. The van der Waals surface area contributed by atoms with E-state index in [1.54, 1.807) is 0 Å². The zero-order valence-electron chi connectivity index (χ0n) is 12.2. The van der Waals surface area contributed by atoms with Crippen LogP contribution in [0.15, 0.2) is 29.3 Å². The topological polar surface area (TPSA) is 72.9 Å². The third-order valence-corrected chi connectivity index (χ3v) is 4.27. The van der Waals surface area contributed by atoms with Gasteiger partial charge in [-0.05, 0) is 12.1 Å². The van der Waals surface area contributed by atoms with Crippen LogP contribution in [0, 0.1) is 11.6 Å². The fourth-order valence-electron chi connectivity index (χ4n) is 2.22. The third-order valence-electron chi connectivity index (χ3n) is 3.47. The second-order valence-electron chi connectivity index (χ2n) is 5.06. The Morgan fingerprint density at radius 1 is 1.25 bits per heavy atom. The second kappa shape index (κ2) is 5.92. The molecule has 2 aromatic carbocycles. The molecular formula is C15H10Cl2F2N4O. The Labute approximate surface area is 144 Å². The molecule has 24 heavy (non-hydrogen) atoms. The highest BCUT2D eigenvalue weighted by molar-refractivity contribution is 6.39. The molecule has 0 bridgehead atoms. The zero-order chi connectivity index (χ0) is 17.6. The van der Waals surface area contributed by atoms with Crippen LogP contribution in [0.5, 0.6) is 0 Å². The molecule has 0 aliphatic heterocycles. The van der Waals surface area contributed by atoms with Gasteiger partial charge in [0.15, 0.2) is 11.6 Å². The predicted molar refractivity (Wildman–Crippen MR) is 91.1 cm³/mol. The van der Waals surface area contributed by atoms with Gasteiger partial charge in [-0.1, -0.05) is 23.2 Å². The molecule has 0 saturated heterocycles. The van der Waals surface area contributed by atoms with Crippen molar-refractivity contribution in [2.75, 3.05) is 11.1 Å². The van der Waals surface area contributed by atoms with Gasteiger partial charge in [-0.15, -0.1) is 0 Å². The molecule has 3 rings (SSSR count). The Morgan fingerprint density at radius 3 is 2.67 bits per heavy atom. The van der Waals surface area contributed by atoms with Gasteiger partial charge in [0, 0.05) is 13.1 Å². The maximum absolute atomic E-state index is 14.0. The van der Waals surface area contributed by atoms with Crippen molar-refractivity contribution in [2.45, 2.75) is 0 Å². The van der Waals surface area contributed by atoms with Gasteiger partial charge >= 0.3 is 0 Å². The Morgan fingerprint density at radius 2 is 1.96 bits per heavy atom. The van der Waals surface area contributed by atoms with E-state index in [-0.39, 0.29) is 38.1 Å². The number of aryl methyl sites for hydroxylation is 1. The first-order valence-electron chi connectivity index (χ1n) is 6.65. The van der Waals surface area contributed by atoms with Crippen molar-refractivity contribution >= 4 is 51.2 Å². The summed E-state index contributed by atoms with van der Waals surface area (Å²) in [5.74, 6) is -2.36. The highest BCUT2D eigenvalue weighted by atomic mass is 35.5. The second-order valence-corrected chi connectivity index (χ2v) is 5.81. The molecule has 3 aromatic rings. The Hall–Kier alpha value is -2.38. The van der Waals surface area contributed by atoms with Gasteiger partial charge in [0.1, 0.15) is 0 Å². The number of aromatic nitrogens is 2. The molecule has 1 aromatic heterocycles. The van der Waals surface area contributed by atoms with Gasteiger partial charge in [-0.2, -0.15) is 0 Å². The number of hydrogen-bond acceptors (Lipinski definition) is 4. The van der Waals surface area contributed by atoms with E-state index in [2.05, 4.69) is 10.3 Å². The summed E-state index contributed by atoms with van der Waals surface area (Å²) in [7, 11) is 1.52. The van der Waals surface area contributed by atoms with Crippen LogP contribution in [0.3, 0.4) is 0 Å². The molecule has 0 amide bonds. The summed E-state index contributed by atoms with van der Waals surface area (Å²) in [6, 6.07) is 3.79. The average Bonchev–Trinajstić information content (AvgIpc) is 2.55. The van der Waals surface area contributed by atoms with E-state index in [0.717, 1.165) is 6.07 Å². The molecule has 1 heterocycles. The lowest BCUT2D eigenvalue weighted by atomic mass is 10.2. The highest BCUT2D eigenvalue weighted by Gasteiger charge is 2.18. The van der Waals surface area contributed by atoms with Crippen LogP contribution in [0.1, 0.15) is 0 Å². The van der Waals surface area contributed by atoms with Crippen LogP contribution in [-0.4, -0.2) is 9.55 Å². The molecule has 0 spiro atoms. The molecule has 0 radical (unpaired) electrons. The molecule has 0 aliphatic rings. The van der Waals surface area contributed by atoms with Crippen molar-refractivity contribution in [1.82, 2.24) is 9.55 Å². The molecule has 124 valence electrons. The number of halogens is 4. The van der Waals surface area contributed by atoms with Crippen molar-refractivity contribution < 1.29 is 8.78 Å². The molecule has 0 atom stereocenters. The molecular weight excluding hydrogens is 361 g/mol. The first kappa shape index (κ1) is 16.5. The number of nitrogens with two attached hydrogens (primary N) is 1. The summed E-state index contributed by atoms with van der Waals surface area (Å²) in [6.45, 7) is 0. The molecule has 0 fully saturated rings. The zero-order valence-corrected chi connectivity index (χ0v) is 13.7. The van der Waals surface area contributed by atoms with Crippen molar-refractivity contribution in [2.24, 2.45) is 7.05 Å². The maximum Gasteiger partial charge on any atom is 0.262 e. The summed E-state index contributed by atoms with van der Waals surface area (Å²) in [4.78, 5) is 16.3. The summed E-state index contributed by atoms with van der Waals surface area (Å²) < 4.78 is 28.8. The van der Waals surface area contributed by atoms with E-state index in [1.165, 1.54) is 30.1 Å². The maximum atomic E-state index is 14.0. The quantitative estimate of drug-likeness (QED) is 0.530. The van der Waals surface area contributed by atoms with Crippen molar-refractivity contribution in [3.05, 3.63) is 56.6 Å². The predicted octanol–water partition coefficient (Wildman–Crippen LogP) is 3.84. The third kappa shape index (κ3) is 2.55. The van der Waals surface area contributed by atoms with Crippen molar-refractivity contribution in [1.29, 1.82) is 0 Å². The number of fused-ring (bicyclic) bond motifs is 1. The van der Waals surface area contributed by atoms with Crippen molar-refractivity contribution in [3.63, 3.8) is 0 Å². The number of nitrogen functional groups attached to an aromatic ring is 1. The smallest absolute Gasteiger partial charge is 0.262 e. The standard InChI is InChI=1S/C15H10Cl2F2N4O/c1-23-5-21-8-2-3-9(12(17)10(8)15(23)24)22-14-11(16)7(20)4-6(18)13(14)19/h2-5,22H,20H2,1H3. The largest absolute Gasteiger partial charge is 0.397 e. The minimum Gasteiger partial charge on any atom is -0.397 e. The summed E-state index contributed by atoms with van der Waals surface area (Å²) >= 11 is 12.2. The van der Waals surface area contributed by atoms with E-state index >= 15 is 0 Å². The Bertz CT molecular complexity index is 1010. The fraction of sp³-hybridized carbons (Fsp3) is 0.0667. The lowest BCUT2D eigenvalue weighted by Crippen LogP contribution is -2.17. The Balaban J connectivity index is 2.21. The van der Waals surface area contributed by atoms with Gasteiger partial charge in [-0.3, -0.25) is 4.79 Å². The first-order chi connectivity index (χ1) is 11.3. The summed E-state index contributed by atoms with van der Waals surface area (Å²) in [6.07, 6.45) is 1.36. The minimum absolute atomic E-state index is 0.0134. The number of rotatable bonds is 2. The van der Waals surface area contributed by atoms with Crippen LogP contribution in [-0.2, 0) is 7.05 Å². The van der Waals surface area contributed by atoms with Gasteiger partial charge in [0.25, 0.3) is 5.56 Å². The van der Waals surface area contributed by atoms with E-state index < -0.39 is 11.6 Å². The monoisotopic (exact) mass is 370 g/mol. The normalized spacial score (nSPS) is 11.0. The number of nitrogens with zero attached hydrogens (tertiary/aromatic N) is 2. The molecule has 5 nitrogen and oxygen atoms in total. The average molecular weight is 371 g/mol. The minimum atomic E-state index is -1.20. The SMILES string of the molecule is Cn1cnc2ccc(Nc3c(F)c(F)cc(N)c3Cl)c(Cl)c2c1=O. The Kier molecular flexibility index (Phi) is 4.06. The van der Waals surface area contributed by atoms with Crippen molar-refractivity contribution in [3.8, 4) is 0 Å². The molecule has 9 heteroatoms. The number of hydrogen-bond donors (Lipinski definition) is 2. The summed E-state index contributed by atoms with van der Waals surface area (Å²) in [5, 5.41) is 2.56. The number of benzene rings is 2. The molecule has 3 N–H and O–H groups in total. The lowest BCUT2D eigenvalue weighted by Gasteiger charge is -2.14. The van der Waals surface area contributed by atoms with E-state index in [4.69, 9.17) is 28.9 Å². The van der Waals surface area contributed by atoms with Gasteiger partial charge in [0.2, 0.25) is 0 Å². The van der Waals surface area contributed by atoms with E-state index in [0.29, 0.717) is 5.52 Å². The van der Waals surface area contributed by atoms with Crippen LogP contribution in [0.2, 0.25) is 10.0 Å². The molecule has 0 unspecified atom stereocenters. The number of anilines is 3. The van der Waals surface area contributed by atoms with Crippen LogP contribution in [0.25, 0.3) is 10.9 Å². The van der Waals surface area contributed by atoms with Crippen LogP contribution < -0.4 is 16.6 Å². The fourth-order valence-corrected chi connectivity index (χ4v) is 2.69. The van der Waals surface area contributed by atoms with Crippen LogP contribution >= 0.6 is 23.2 Å². The van der Waals surface area contributed by atoms with E-state index in [1.807, 2.05) is 0 Å². The first-order valence-corrected chi connectivity index (χ1v) is 7.40. The molecule has 0 saturated carbocycles. The lowest BCUT2D eigenvalue weighted by molar-refractivity contribution is 0.512. The number of nitrogens with one attached hydrogen (secondary N) is 1. The van der Waals surface area contributed by atoms with Gasteiger partial charge in [-0.25, -0.2) is 13.8 Å². The van der Waals surface area contributed by atoms with Gasteiger partial charge < -0.3 is 15.6 Å². The van der Waals surface area contributed by atoms with Crippen LogP contribution in [0.4, 0.5) is 25.8 Å². The highest BCUT2D eigenvalue weighted by Crippen LogP contribution is 2.37. The van der Waals surface area contributed by atoms with E-state index in [9.17, 15) is 13.6 Å².